The molecule has 0 fully saturated rings. The monoisotopic (exact) mass is 586 g/mol. The van der Waals surface area contributed by atoms with E-state index in [-0.39, 0.29) is 55.0 Å². The van der Waals surface area contributed by atoms with Crippen molar-refractivity contribution in [3.8, 4) is 22.4 Å². The Morgan fingerprint density at radius 3 is 1.81 bits per heavy atom. The number of hydrogen-bond donors (Lipinski definition) is 0. The topological polar surface area (TPSA) is 38.7 Å². The van der Waals surface area contributed by atoms with E-state index in [0.717, 1.165) is 22.4 Å². The summed E-state index contributed by atoms with van der Waals surface area (Å²) in [5.74, 6) is 0. The molecule has 110 valence electrons. The van der Waals surface area contributed by atoms with Crippen LogP contribution in [0.25, 0.3) is 22.4 Å². The molecule has 0 aliphatic heterocycles. The minimum Gasteiger partial charge on any atom is -1.00 e. The summed E-state index contributed by atoms with van der Waals surface area (Å²) in [5.41, 5.74) is 4.07. The molecule has 0 amide bonds. The zero-order valence-electron chi connectivity index (χ0n) is 10.8. The van der Waals surface area contributed by atoms with E-state index in [1.165, 1.54) is 0 Å². The van der Waals surface area contributed by atoms with Gasteiger partial charge in [-0.1, -0.05) is 12.1 Å². The molecule has 0 N–H and O–H groups in total. The van der Waals surface area contributed by atoms with Gasteiger partial charge in [-0.3, -0.25) is 15.0 Å². The molecule has 3 aromatic rings. The SMILES string of the molecule is [Br-].[Br-].[Pt+2].c1cncc(-c2cccnc2-c2cccnc2)c1. The van der Waals surface area contributed by atoms with Crippen LogP contribution in [0.4, 0.5) is 0 Å². The molecular weight excluding hydrogens is 577 g/mol. The Labute approximate surface area is 159 Å². The Morgan fingerprint density at radius 1 is 0.667 bits per heavy atom. The van der Waals surface area contributed by atoms with Gasteiger partial charge in [-0.25, -0.2) is 0 Å². The van der Waals surface area contributed by atoms with Crippen molar-refractivity contribution < 1.29 is 55.0 Å². The average molecular weight is 588 g/mol. The fourth-order valence-electron chi connectivity index (χ4n) is 1.89. The van der Waals surface area contributed by atoms with Gasteiger partial charge >= 0.3 is 21.1 Å². The van der Waals surface area contributed by atoms with Gasteiger partial charge in [-0.2, -0.15) is 0 Å². The standard InChI is InChI=1S/C15H11N3.2BrH.Pt/c1-4-12(10-16-7-1)14-6-3-9-18-15(14)13-5-2-8-17-11-13;;;/h1-11H;2*1H;/q;;;+2/p-2. The molecule has 0 spiro atoms. The summed E-state index contributed by atoms with van der Waals surface area (Å²) >= 11 is 0. The van der Waals surface area contributed by atoms with E-state index in [1.54, 1.807) is 18.6 Å². The Balaban J connectivity index is 0.00000133. The molecule has 3 heterocycles. The van der Waals surface area contributed by atoms with Crippen LogP contribution in [0.1, 0.15) is 0 Å². The minimum atomic E-state index is 0. The second-order valence-corrected chi connectivity index (χ2v) is 3.88. The normalized spacial score (nSPS) is 8.76. The molecule has 21 heavy (non-hydrogen) atoms. The van der Waals surface area contributed by atoms with Crippen LogP contribution in [0.2, 0.25) is 0 Å². The van der Waals surface area contributed by atoms with E-state index in [4.69, 9.17) is 0 Å². The van der Waals surface area contributed by atoms with Crippen LogP contribution >= 0.6 is 0 Å². The molecular formula is C15H11Br2N3Pt. The summed E-state index contributed by atoms with van der Waals surface area (Å²) in [7, 11) is 0. The van der Waals surface area contributed by atoms with Crippen molar-refractivity contribution in [3.63, 3.8) is 0 Å². The zero-order chi connectivity index (χ0) is 12.2. The summed E-state index contributed by atoms with van der Waals surface area (Å²) in [4.78, 5) is 12.8. The van der Waals surface area contributed by atoms with Gasteiger partial charge in [-0.15, -0.1) is 0 Å². The minimum absolute atomic E-state index is 0. The zero-order valence-corrected chi connectivity index (χ0v) is 16.2. The van der Waals surface area contributed by atoms with Crippen LogP contribution in [0, 0.1) is 0 Å². The number of halogens is 2. The first-order chi connectivity index (χ1) is 8.95. The first-order valence-corrected chi connectivity index (χ1v) is 5.71. The van der Waals surface area contributed by atoms with Gasteiger partial charge in [0.15, 0.2) is 0 Å². The number of aromatic nitrogens is 3. The van der Waals surface area contributed by atoms with E-state index >= 15 is 0 Å². The summed E-state index contributed by atoms with van der Waals surface area (Å²) in [5, 5.41) is 0. The molecule has 3 rings (SSSR count). The van der Waals surface area contributed by atoms with Crippen molar-refractivity contribution in [2.45, 2.75) is 0 Å². The predicted molar refractivity (Wildman–Crippen MR) is 70.7 cm³/mol. The van der Waals surface area contributed by atoms with Crippen molar-refractivity contribution in [1.82, 2.24) is 15.0 Å². The van der Waals surface area contributed by atoms with Crippen LogP contribution in [-0.2, 0) is 21.1 Å². The van der Waals surface area contributed by atoms with Crippen LogP contribution in [0.5, 0.6) is 0 Å². The first-order valence-electron chi connectivity index (χ1n) is 5.71. The van der Waals surface area contributed by atoms with Crippen molar-refractivity contribution >= 4 is 0 Å². The van der Waals surface area contributed by atoms with Gasteiger partial charge in [0, 0.05) is 47.7 Å². The van der Waals surface area contributed by atoms with E-state index in [0.29, 0.717) is 0 Å². The van der Waals surface area contributed by atoms with Crippen LogP contribution in [0.15, 0.2) is 67.4 Å². The number of nitrogens with zero attached hydrogens (tertiary/aromatic N) is 3. The number of rotatable bonds is 2. The smallest absolute Gasteiger partial charge is 1.00 e. The fraction of sp³-hybridized carbons (Fsp3) is 0. The van der Waals surface area contributed by atoms with Crippen LogP contribution in [0.3, 0.4) is 0 Å². The predicted octanol–water partition coefficient (Wildman–Crippen LogP) is -2.79. The molecule has 0 bridgehead atoms. The second-order valence-electron chi connectivity index (χ2n) is 3.88. The van der Waals surface area contributed by atoms with Crippen molar-refractivity contribution in [2.75, 3.05) is 0 Å². The van der Waals surface area contributed by atoms with E-state index < -0.39 is 0 Å². The van der Waals surface area contributed by atoms with Crippen LogP contribution in [-0.4, -0.2) is 15.0 Å². The summed E-state index contributed by atoms with van der Waals surface area (Å²) < 4.78 is 0. The largest absolute Gasteiger partial charge is 2.00 e. The molecule has 3 aromatic heterocycles. The van der Waals surface area contributed by atoms with Gasteiger partial charge < -0.3 is 34.0 Å². The van der Waals surface area contributed by atoms with E-state index in [1.807, 2.05) is 48.8 Å². The van der Waals surface area contributed by atoms with Gasteiger partial charge in [0.25, 0.3) is 0 Å². The molecule has 6 heteroatoms. The Hall–Kier alpha value is -0.902. The maximum Gasteiger partial charge on any atom is 2.00 e. The van der Waals surface area contributed by atoms with Crippen molar-refractivity contribution in [2.24, 2.45) is 0 Å². The van der Waals surface area contributed by atoms with Crippen molar-refractivity contribution in [3.05, 3.63) is 67.4 Å². The Bertz CT molecular complexity index is 593. The molecule has 3 nitrogen and oxygen atoms in total. The Kier molecular flexibility index (Phi) is 9.50. The second kappa shape index (κ2) is 9.93. The maximum atomic E-state index is 4.46. The molecule has 0 atom stereocenters. The third-order valence-corrected chi connectivity index (χ3v) is 2.72. The molecule has 0 saturated carbocycles. The van der Waals surface area contributed by atoms with Gasteiger partial charge in [0.2, 0.25) is 0 Å². The molecule has 0 saturated heterocycles. The van der Waals surface area contributed by atoms with Gasteiger partial charge in [-0.05, 0) is 24.3 Å². The number of pyridine rings is 3. The molecule has 0 unspecified atom stereocenters. The average Bonchev–Trinajstić information content (AvgIpc) is 2.49. The molecule has 0 aromatic carbocycles. The maximum absolute atomic E-state index is 4.46. The quantitative estimate of drug-likeness (QED) is 0.326. The van der Waals surface area contributed by atoms with E-state index in [2.05, 4.69) is 15.0 Å². The molecule has 0 aliphatic rings. The fourth-order valence-corrected chi connectivity index (χ4v) is 1.89. The summed E-state index contributed by atoms with van der Waals surface area (Å²) in [6, 6.07) is 11.9. The van der Waals surface area contributed by atoms with Crippen LogP contribution < -0.4 is 34.0 Å². The van der Waals surface area contributed by atoms with E-state index in [9.17, 15) is 0 Å². The van der Waals surface area contributed by atoms with Gasteiger partial charge in [0.1, 0.15) is 0 Å². The molecule has 0 aliphatic carbocycles. The number of hydrogen-bond acceptors (Lipinski definition) is 3. The third-order valence-electron chi connectivity index (χ3n) is 2.72. The Morgan fingerprint density at radius 2 is 1.24 bits per heavy atom. The third kappa shape index (κ3) is 4.80. The van der Waals surface area contributed by atoms with Crippen molar-refractivity contribution in [1.29, 1.82) is 0 Å². The summed E-state index contributed by atoms with van der Waals surface area (Å²) in [6.07, 6.45) is 8.99. The summed E-state index contributed by atoms with van der Waals surface area (Å²) in [6.45, 7) is 0. The van der Waals surface area contributed by atoms with Gasteiger partial charge in [0.05, 0.1) is 5.69 Å². The first kappa shape index (κ1) is 20.1. The molecule has 0 radical (unpaired) electrons.